The van der Waals surface area contributed by atoms with E-state index in [-0.39, 0.29) is 11.6 Å². The molecule has 3 rings (SSSR count). The van der Waals surface area contributed by atoms with Crippen LogP contribution in [0.4, 0.5) is 5.69 Å². The van der Waals surface area contributed by atoms with Gasteiger partial charge in [-0.15, -0.1) is 0 Å². The molecule has 0 fully saturated rings. The van der Waals surface area contributed by atoms with E-state index in [0.29, 0.717) is 12.1 Å². The average Bonchev–Trinajstić information content (AvgIpc) is 2.66. The van der Waals surface area contributed by atoms with Crippen molar-refractivity contribution < 1.29 is 4.79 Å². The molecule has 1 N–H and O–H groups in total. The first-order chi connectivity index (χ1) is 8.77. The van der Waals surface area contributed by atoms with E-state index in [9.17, 15) is 4.79 Å². The molecule has 0 spiro atoms. The Labute approximate surface area is 105 Å². The van der Waals surface area contributed by atoms with Crippen molar-refractivity contribution in [3.8, 4) is 0 Å². The number of hydrogen-bond acceptors (Lipinski definition) is 2. The molecule has 0 amide bonds. The van der Waals surface area contributed by atoms with Crippen LogP contribution in [0, 0.1) is 5.41 Å². The van der Waals surface area contributed by atoms with Crippen LogP contribution in [-0.4, -0.2) is 11.6 Å². The molecule has 18 heavy (non-hydrogen) atoms. The molecule has 0 bridgehead atoms. The summed E-state index contributed by atoms with van der Waals surface area (Å²) in [7, 11) is 0. The van der Waals surface area contributed by atoms with Crippen LogP contribution in [-0.2, 0) is 6.54 Å². The summed E-state index contributed by atoms with van der Waals surface area (Å²) in [6.07, 6.45) is 0. The summed E-state index contributed by atoms with van der Waals surface area (Å²) in [5.41, 5.74) is 2.54. The minimum absolute atomic E-state index is 0.0556. The number of rotatable bonds is 2. The number of fused-ring (bicyclic) bond motifs is 1. The third kappa shape index (κ3) is 1.61. The summed E-state index contributed by atoms with van der Waals surface area (Å²) in [6.45, 7) is 0.558. The summed E-state index contributed by atoms with van der Waals surface area (Å²) in [5.74, 6) is -0.137. The number of anilines is 1. The second kappa shape index (κ2) is 4.11. The summed E-state index contributed by atoms with van der Waals surface area (Å²) in [4.78, 5) is 13.7. The fourth-order valence-electron chi connectivity index (χ4n) is 2.20. The molecular weight excluding hydrogens is 224 g/mol. The third-order valence-electron chi connectivity index (χ3n) is 3.11. The van der Waals surface area contributed by atoms with Gasteiger partial charge in [0.25, 0.3) is 0 Å². The van der Waals surface area contributed by atoms with E-state index < -0.39 is 0 Å². The molecular formula is C15H12N2O. The van der Waals surface area contributed by atoms with E-state index in [1.165, 1.54) is 0 Å². The van der Waals surface area contributed by atoms with Crippen molar-refractivity contribution in [1.82, 2.24) is 0 Å². The quantitative estimate of drug-likeness (QED) is 0.871. The molecule has 88 valence electrons. The van der Waals surface area contributed by atoms with E-state index in [4.69, 9.17) is 5.41 Å². The zero-order valence-electron chi connectivity index (χ0n) is 9.76. The second-order valence-corrected chi connectivity index (χ2v) is 4.27. The summed E-state index contributed by atoms with van der Waals surface area (Å²) < 4.78 is 0. The largest absolute Gasteiger partial charge is 0.318 e. The Kier molecular flexibility index (Phi) is 2.45. The molecule has 1 aliphatic rings. The molecule has 0 aromatic heterocycles. The normalized spacial score (nSPS) is 13.9. The molecule has 0 saturated heterocycles. The van der Waals surface area contributed by atoms with Crippen LogP contribution in [0.15, 0.2) is 54.6 Å². The smallest absolute Gasteiger partial charge is 0.229 e. The lowest BCUT2D eigenvalue weighted by Gasteiger charge is -2.18. The van der Waals surface area contributed by atoms with E-state index in [1.807, 2.05) is 48.5 Å². The van der Waals surface area contributed by atoms with Crippen molar-refractivity contribution >= 4 is 17.3 Å². The Morgan fingerprint density at radius 1 is 0.944 bits per heavy atom. The van der Waals surface area contributed by atoms with E-state index in [1.54, 1.807) is 11.0 Å². The number of para-hydroxylation sites is 1. The van der Waals surface area contributed by atoms with Crippen molar-refractivity contribution in [3.63, 3.8) is 0 Å². The molecule has 2 aromatic rings. The third-order valence-corrected chi connectivity index (χ3v) is 3.11. The van der Waals surface area contributed by atoms with Gasteiger partial charge in [0.05, 0.1) is 5.69 Å². The fraction of sp³-hybridized carbons (Fsp3) is 0.0667. The molecule has 0 saturated carbocycles. The summed E-state index contributed by atoms with van der Waals surface area (Å²) >= 11 is 0. The van der Waals surface area contributed by atoms with Gasteiger partial charge in [0.15, 0.2) is 5.84 Å². The Morgan fingerprint density at radius 3 is 2.39 bits per heavy atom. The zero-order valence-corrected chi connectivity index (χ0v) is 9.76. The maximum Gasteiger partial charge on any atom is 0.229 e. The highest BCUT2D eigenvalue weighted by Crippen LogP contribution is 2.29. The van der Waals surface area contributed by atoms with Crippen LogP contribution in [0.5, 0.6) is 0 Å². The predicted octanol–water partition coefficient (Wildman–Crippen LogP) is 2.87. The zero-order chi connectivity index (χ0) is 12.5. The van der Waals surface area contributed by atoms with E-state index >= 15 is 0 Å². The van der Waals surface area contributed by atoms with Crippen LogP contribution in [0.3, 0.4) is 0 Å². The first-order valence-corrected chi connectivity index (χ1v) is 5.81. The number of carbonyl (C=O) groups is 1. The average molecular weight is 236 g/mol. The minimum atomic E-state index is -0.193. The number of ketones is 1. The van der Waals surface area contributed by atoms with Gasteiger partial charge in [-0.05, 0) is 17.7 Å². The number of nitrogens with zero attached hydrogens (tertiary/aromatic N) is 1. The highest BCUT2D eigenvalue weighted by molar-refractivity contribution is 6.53. The van der Waals surface area contributed by atoms with E-state index in [2.05, 4.69) is 0 Å². The van der Waals surface area contributed by atoms with Gasteiger partial charge < -0.3 is 4.90 Å². The Hall–Kier alpha value is -2.42. The van der Waals surface area contributed by atoms with Gasteiger partial charge in [-0.3, -0.25) is 10.2 Å². The van der Waals surface area contributed by atoms with Gasteiger partial charge >= 0.3 is 0 Å². The predicted molar refractivity (Wildman–Crippen MR) is 71.1 cm³/mol. The highest BCUT2D eigenvalue weighted by Gasteiger charge is 2.31. The van der Waals surface area contributed by atoms with Crippen molar-refractivity contribution in [1.29, 1.82) is 5.41 Å². The van der Waals surface area contributed by atoms with Gasteiger partial charge in [0, 0.05) is 12.1 Å². The molecule has 3 nitrogen and oxygen atoms in total. The molecule has 0 atom stereocenters. The van der Waals surface area contributed by atoms with Crippen LogP contribution in [0.2, 0.25) is 0 Å². The Balaban J connectivity index is 1.99. The molecule has 3 heteroatoms. The van der Waals surface area contributed by atoms with Crippen LogP contribution < -0.4 is 4.90 Å². The van der Waals surface area contributed by atoms with Gasteiger partial charge in [-0.2, -0.15) is 0 Å². The van der Waals surface area contributed by atoms with Crippen LogP contribution in [0.1, 0.15) is 15.9 Å². The second-order valence-electron chi connectivity index (χ2n) is 4.27. The minimum Gasteiger partial charge on any atom is -0.318 e. The summed E-state index contributed by atoms with van der Waals surface area (Å²) in [6, 6.07) is 17.3. The molecule has 1 aliphatic heterocycles. The molecule has 0 radical (unpaired) electrons. The van der Waals surface area contributed by atoms with Crippen LogP contribution in [0.25, 0.3) is 0 Å². The lowest BCUT2D eigenvalue weighted by molar-refractivity contribution is 0.106. The monoisotopic (exact) mass is 236 g/mol. The van der Waals surface area contributed by atoms with Gasteiger partial charge in [-0.1, -0.05) is 42.5 Å². The Bertz CT molecular complexity index is 619. The van der Waals surface area contributed by atoms with Crippen LogP contribution >= 0.6 is 0 Å². The van der Waals surface area contributed by atoms with Gasteiger partial charge in [0.2, 0.25) is 5.78 Å². The Morgan fingerprint density at radius 2 is 1.61 bits per heavy atom. The number of amidine groups is 1. The number of carbonyl (C=O) groups excluding carboxylic acids is 1. The maximum absolute atomic E-state index is 11.9. The maximum atomic E-state index is 11.9. The SMILES string of the molecule is N=C1C(=O)c2ccccc2N1Cc1ccccc1. The first kappa shape index (κ1) is 10.7. The number of nitrogens with one attached hydrogen (secondary N) is 1. The lowest BCUT2D eigenvalue weighted by Crippen LogP contribution is -2.28. The van der Waals surface area contributed by atoms with E-state index in [0.717, 1.165) is 11.3 Å². The van der Waals surface area contributed by atoms with Crippen molar-refractivity contribution in [3.05, 3.63) is 65.7 Å². The molecule has 2 aromatic carbocycles. The summed E-state index contributed by atoms with van der Waals surface area (Å²) in [5, 5.41) is 7.92. The van der Waals surface area contributed by atoms with Gasteiger partial charge in [0.1, 0.15) is 0 Å². The van der Waals surface area contributed by atoms with Crippen molar-refractivity contribution in [2.24, 2.45) is 0 Å². The highest BCUT2D eigenvalue weighted by atomic mass is 16.1. The molecule has 1 heterocycles. The van der Waals surface area contributed by atoms with Gasteiger partial charge in [-0.25, -0.2) is 0 Å². The molecule has 0 unspecified atom stereocenters. The topological polar surface area (TPSA) is 44.2 Å². The number of benzene rings is 2. The first-order valence-electron chi connectivity index (χ1n) is 5.81. The lowest BCUT2D eigenvalue weighted by atomic mass is 10.1. The standard InChI is InChI=1S/C15H12N2O/c16-15-14(18)12-8-4-5-9-13(12)17(15)10-11-6-2-1-3-7-11/h1-9,16H,10H2. The van der Waals surface area contributed by atoms with Crippen molar-refractivity contribution in [2.45, 2.75) is 6.54 Å². The molecule has 0 aliphatic carbocycles. The van der Waals surface area contributed by atoms with Crippen molar-refractivity contribution in [2.75, 3.05) is 4.90 Å². The number of Topliss-reactive ketones (excluding diaryl/α,β-unsaturated/α-hetero) is 1. The number of hydrogen-bond donors (Lipinski definition) is 1. The fourth-order valence-corrected chi connectivity index (χ4v) is 2.20.